The summed E-state index contributed by atoms with van der Waals surface area (Å²) in [5.41, 5.74) is 3.99. The van der Waals surface area contributed by atoms with Crippen LogP contribution in [0.2, 0.25) is 10.6 Å². The Morgan fingerprint density at radius 3 is 1.96 bits per heavy atom. The summed E-state index contributed by atoms with van der Waals surface area (Å²) in [4.78, 5) is 0. The molecule has 0 radical (unpaired) electrons. The fourth-order valence-electron chi connectivity index (χ4n) is 2.59. The molecule has 0 nitrogen and oxygen atoms in total. The smallest absolute Gasteiger partial charge is 0.0964 e. The third-order valence-corrected chi connectivity index (χ3v) is 10.4. The van der Waals surface area contributed by atoms with Gasteiger partial charge in [0.05, 0.1) is 0 Å². The zero-order valence-electron chi connectivity index (χ0n) is 16.9. The maximum atomic E-state index is 3.73. The molecule has 0 aliphatic heterocycles. The first kappa shape index (κ1) is 21.5. The number of allylic oxidation sites excluding steroid dienone is 1. The SMILES string of the molecule is C[CH2][Al]([CH2]C)/[C](=C\C(C)(C)C)P(C#CC(C)(C)C)c1ccccc1. The lowest BCUT2D eigenvalue weighted by Crippen LogP contribution is -2.19. The van der Waals surface area contributed by atoms with E-state index in [1.54, 1.807) is 4.18 Å². The van der Waals surface area contributed by atoms with E-state index >= 15 is 0 Å². The predicted octanol–water partition coefficient (Wildman–Crippen LogP) is 6.80. The standard InChI is InChI=1S/C18H24P.2C2H5.Al/c1-17(2,3)12-14-19(15-13-18(4,5)6)16-10-8-7-9-11-16;2*1-2;/h7-12H,1-6H3;2*1H2,2H3;. The third kappa shape index (κ3) is 7.58. The minimum atomic E-state index is -0.933. The van der Waals surface area contributed by atoms with Crippen LogP contribution in [0.25, 0.3) is 0 Å². The van der Waals surface area contributed by atoms with Crippen molar-refractivity contribution in [2.24, 2.45) is 10.8 Å². The summed E-state index contributed by atoms with van der Waals surface area (Å²) in [6, 6.07) is 11.0. The van der Waals surface area contributed by atoms with Gasteiger partial charge in [-0.3, -0.25) is 0 Å². The summed E-state index contributed by atoms with van der Waals surface area (Å²) in [7, 11) is -0.537. The quantitative estimate of drug-likeness (QED) is 0.309. The maximum Gasteiger partial charge on any atom is 0.307 e. The van der Waals surface area contributed by atoms with Gasteiger partial charge in [0.2, 0.25) is 0 Å². The largest absolute Gasteiger partial charge is 0.307 e. The molecule has 0 aliphatic rings. The van der Waals surface area contributed by atoms with Crippen molar-refractivity contribution in [2.75, 3.05) is 0 Å². The molecular weight excluding hydrogens is 322 g/mol. The maximum absolute atomic E-state index is 3.73. The van der Waals surface area contributed by atoms with Gasteiger partial charge in [0, 0.05) is 13.3 Å². The van der Waals surface area contributed by atoms with E-state index in [1.165, 1.54) is 15.9 Å². The Hall–Kier alpha value is -0.518. The second kappa shape index (κ2) is 9.26. The molecule has 0 saturated heterocycles. The molecule has 0 fully saturated rings. The topological polar surface area (TPSA) is 0 Å². The van der Waals surface area contributed by atoms with Crippen LogP contribution in [0, 0.1) is 22.4 Å². The summed E-state index contributed by atoms with van der Waals surface area (Å²) in [6.07, 6.45) is 2.56. The second-order valence-electron chi connectivity index (χ2n) is 8.61. The highest BCUT2D eigenvalue weighted by Gasteiger charge is 2.27. The van der Waals surface area contributed by atoms with Crippen molar-refractivity contribution in [3.05, 3.63) is 40.6 Å². The molecule has 1 atom stereocenters. The van der Waals surface area contributed by atoms with Crippen LogP contribution < -0.4 is 5.30 Å². The van der Waals surface area contributed by atoms with E-state index in [4.69, 9.17) is 0 Å². The zero-order chi connectivity index (χ0) is 18.4. The Labute approximate surface area is 156 Å². The van der Waals surface area contributed by atoms with Gasteiger partial charge < -0.3 is 0 Å². The van der Waals surface area contributed by atoms with Gasteiger partial charge in [-0.2, -0.15) is 0 Å². The summed E-state index contributed by atoms with van der Waals surface area (Å²) in [5, 5.41) is 4.06. The van der Waals surface area contributed by atoms with Crippen molar-refractivity contribution in [3.8, 4) is 11.6 Å². The molecule has 0 saturated carbocycles. The second-order valence-corrected chi connectivity index (χ2v) is 14.7. The van der Waals surface area contributed by atoms with Gasteiger partial charge in [0.15, 0.2) is 0 Å². The number of hydrogen-bond acceptors (Lipinski definition) is 0. The highest BCUT2D eigenvalue weighted by atomic mass is 31.1. The Kier molecular flexibility index (Phi) is 8.30. The molecule has 130 valence electrons. The Bertz CT molecular complexity index is 587. The lowest BCUT2D eigenvalue weighted by Gasteiger charge is -2.25. The normalized spacial score (nSPS) is 13.9. The summed E-state index contributed by atoms with van der Waals surface area (Å²) < 4.78 is 1.70. The first-order chi connectivity index (χ1) is 11.1. The molecule has 0 aromatic heterocycles. The summed E-state index contributed by atoms with van der Waals surface area (Å²) >= 11 is -0.933. The molecular formula is C22H34AlP. The van der Waals surface area contributed by atoms with Gasteiger partial charge in [-0.25, -0.2) is 0 Å². The van der Waals surface area contributed by atoms with Crippen LogP contribution in [-0.4, -0.2) is 14.1 Å². The fourth-order valence-corrected chi connectivity index (χ4v) is 9.93. The predicted molar refractivity (Wildman–Crippen MR) is 114 cm³/mol. The van der Waals surface area contributed by atoms with Crippen molar-refractivity contribution >= 4 is 27.4 Å². The fraction of sp³-hybridized carbons (Fsp3) is 0.545. The highest BCUT2D eigenvalue weighted by molar-refractivity contribution is 7.77. The Balaban J connectivity index is 3.50. The van der Waals surface area contributed by atoms with E-state index < -0.39 is 22.1 Å². The van der Waals surface area contributed by atoms with Gasteiger partial charge in [0.25, 0.3) is 0 Å². The average Bonchev–Trinajstić information content (AvgIpc) is 2.47. The van der Waals surface area contributed by atoms with Crippen LogP contribution in [0.15, 0.2) is 40.6 Å². The molecule has 1 aromatic carbocycles. The number of hydrogen-bond donors (Lipinski definition) is 0. The monoisotopic (exact) mass is 356 g/mol. The molecule has 0 bridgehead atoms. The molecule has 1 rings (SSSR count). The van der Waals surface area contributed by atoms with Crippen molar-refractivity contribution in [3.63, 3.8) is 0 Å². The number of rotatable bonds is 5. The molecule has 0 N–H and O–H groups in total. The first-order valence-electron chi connectivity index (χ1n) is 9.18. The van der Waals surface area contributed by atoms with E-state index in [-0.39, 0.29) is 10.8 Å². The van der Waals surface area contributed by atoms with E-state index in [0.717, 1.165) is 0 Å². The Morgan fingerprint density at radius 2 is 1.54 bits per heavy atom. The third-order valence-electron chi connectivity index (χ3n) is 3.80. The molecule has 0 aliphatic carbocycles. The number of benzene rings is 1. The van der Waals surface area contributed by atoms with Crippen LogP contribution in [0.1, 0.15) is 55.4 Å². The van der Waals surface area contributed by atoms with Crippen LogP contribution >= 0.6 is 7.92 Å². The van der Waals surface area contributed by atoms with E-state index in [2.05, 4.69) is 103 Å². The van der Waals surface area contributed by atoms with Crippen LogP contribution in [0.4, 0.5) is 0 Å². The highest BCUT2D eigenvalue weighted by Crippen LogP contribution is 2.47. The molecule has 2 heteroatoms. The van der Waals surface area contributed by atoms with Gasteiger partial charge in [-0.15, -0.1) is 0 Å². The molecule has 0 heterocycles. The van der Waals surface area contributed by atoms with Gasteiger partial charge in [-0.05, 0) is 31.5 Å². The minimum Gasteiger partial charge on any atom is -0.0964 e. The Morgan fingerprint density at radius 1 is 1.00 bits per heavy atom. The lowest BCUT2D eigenvalue weighted by atomic mass is 9.98. The van der Waals surface area contributed by atoms with Crippen molar-refractivity contribution in [1.82, 2.24) is 0 Å². The summed E-state index contributed by atoms with van der Waals surface area (Å²) in [5.74, 6) is 3.55. The van der Waals surface area contributed by atoms with Crippen LogP contribution in [0.3, 0.4) is 0 Å². The van der Waals surface area contributed by atoms with Gasteiger partial charge in [0.1, 0.15) is 0 Å². The van der Waals surface area contributed by atoms with Crippen molar-refractivity contribution in [2.45, 2.75) is 66.0 Å². The van der Waals surface area contributed by atoms with Crippen molar-refractivity contribution < 1.29 is 0 Å². The van der Waals surface area contributed by atoms with E-state index in [9.17, 15) is 0 Å². The van der Waals surface area contributed by atoms with Crippen LogP contribution in [-0.2, 0) is 0 Å². The van der Waals surface area contributed by atoms with Crippen LogP contribution in [0.5, 0.6) is 0 Å². The molecule has 0 spiro atoms. The first-order valence-corrected chi connectivity index (χ1v) is 12.7. The minimum absolute atomic E-state index is 0.0533. The zero-order valence-corrected chi connectivity index (χ0v) is 19.0. The van der Waals surface area contributed by atoms with Crippen molar-refractivity contribution in [1.29, 1.82) is 0 Å². The van der Waals surface area contributed by atoms with Gasteiger partial charge in [-0.1, -0.05) is 97.4 Å². The van der Waals surface area contributed by atoms with Gasteiger partial charge >= 0.3 is 14.1 Å². The molecule has 1 aromatic rings. The summed E-state index contributed by atoms with van der Waals surface area (Å²) in [6.45, 7) is 18.3. The molecule has 24 heavy (non-hydrogen) atoms. The average molecular weight is 356 g/mol. The molecule has 1 unspecified atom stereocenters. The van der Waals surface area contributed by atoms with E-state index in [1.807, 2.05) is 0 Å². The molecule has 0 amide bonds. The lowest BCUT2D eigenvalue weighted by molar-refractivity contribution is 0.544. The van der Waals surface area contributed by atoms with E-state index in [0.29, 0.717) is 0 Å².